The van der Waals surface area contributed by atoms with Gasteiger partial charge < -0.3 is 14.9 Å². The maximum Gasteiger partial charge on any atom is 0.303 e. The first-order valence-corrected chi connectivity index (χ1v) is 8.81. The largest absolute Gasteiger partial charge is 0.481 e. The Kier molecular flexibility index (Phi) is 3.02. The lowest BCUT2D eigenvalue weighted by atomic mass is 10.1. The fourth-order valence-corrected chi connectivity index (χ4v) is 4.52. The molecule has 132 valence electrons. The molecule has 1 aliphatic carbocycles. The van der Waals surface area contributed by atoms with Crippen LogP contribution in [0.3, 0.4) is 0 Å². The van der Waals surface area contributed by atoms with Gasteiger partial charge in [0.25, 0.3) is 0 Å². The molecule has 1 N–H and O–H groups in total. The van der Waals surface area contributed by atoms with Crippen LogP contribution in [0.15, 0.2) is 12.3 Å². The highest BCUT2D eigenvalue weighted by atomic mass is 19.1. The second kappa shape index (κ2) is 5.06. The molecule has 3 aliphatic rings. The van der Waals surface area contributed by atoms with E-state index in [1.807, 2.05) is 9.80 Å². The van der Waals surface area contributed by atoms with E-state index in [1.165, 1.54) is 0 Å². The smallest absolute Gasteiger partial charge is 0.303 e. The average Bonchev–Trinajstić information content (AvgIpc) is 2.97. The molecule has 2 aliphatic heterocycles. The SMILES string of the molecule is C[C@H]1CCN1c1nc2ccnn2c(N2C[C@@H]3C(CC(=O)O)[C@@H]3C2)c1F. The molecule has 2 saturated heterocycles. The van der Waals surface area contributed by atoms with Gasteiger partial charge in [0.1, 0.15) is 0 Å². The number of aromatic nitrogens is 3. The topological polar surface area (TPSA) is 74.0 Å². The third-order valence-electron chi connectivity index (χ3n) is 6.11. The molecular weight excluding hydrogens is 325 g/mol. The highest BCUT2D eigenvalue weighted by Crippen LogP contribution is 2.54. The number of halogens is 1. The fourth-order valence-electron chi connectivity index (χ4n) is 4.52. The number of carboxylic acid groups (broad SMARTS) is 1. The number of carboxylic acids is 1. The Morgan fingerprint density at radius 1 is 1.40 bits per heavy atom. The second-order valence-electron chi connectivity index (χ2n) is 7.50. The van der Waals surface area contributed by atoms with E-state index in [0.29, 0.717) is 48.3 Å². The zero-order chi connectivity index (χ0) is 17.3. The zero-order valence-electron chi connectivity index (χ0n) is 14.0. The minimum absolute atomic E-state index is 0.218. The van der Waals surface area contributed by atoms with Crippen molar-refractivity contribution in [3.63, 3.8) is 0 Å². The summed E-state index contributed by atoms with van der Waals surface area (Å²) >= 11 is 0. The highest BCUT2D eigenvalue weighted by Gasteiger charge is 2.56. The molecule has 4 heterocycles. The van der Waals surface area contributed by atoms with Crippen LogP contribution in [0, 0.1) is 23.6 Å². The van der Waals surface area contributed by atoms with Crippen molar-refractivity contribution in [2.45, 2.75) is 25.8 Å². The molecule has 7 nitrogen and oxygen atoms in total. The normalized spacial score (nSPS) is 30.5. The third-order valence-corrected chi connectivity index (χ3v) is 6.11. The molecule has 0 amide bonds. The van der Waals surface area contributed by atoms with Crippen molar-refractivity contribution in [1.82, 2.24) is 14.6 Å². The number of hydrogen-bond acceptors (Lipinski definition) is 5. The van der Waals surface area contributed by atoms with E-state index < -0.39 is 5.97 Å². The Hall–Kier alpha value is -2.38. The van der Waals surface area contributed by atoms with Crippen LogP contribution in [0.5, 0.6) is 0 Å². The third kappa shape index (κ3) is 2.12. The van der Waals surface area contributed by atoms with Crippen LogP contribution >= 0.6 is 0 Å². The summed E-state index contributed by atoms with van der Waals surface area (Å²) in [7, 11) is 0. The summed E-state index contributed by atoms with van der Waals surface area (Å²) in [4.78, 5) is 19.4. The summed E-state index contributed by atoms with van der Waals surface area (Å²) in [6.07, 6.45) is 2.90. The average molecular weight is 345 g/mol. The van der Waals surface area contributed by atoms with Crippen molar-refractivity contribution in [3.05, 3.63) is 18.1 Å². The van der Waals surface area contributed by atoms with Gasteiger partial charge in [0, 0.05) is 38.2 Å². The Morgan fingerprint density at radius 3 is 2.76 bits per heavy atom. The first-order valence-electron chi connectivity index (χ1n) is 8.81. The van der Waals surface area contributed by atoms with Crippen LogP contribution in [0.2, 0.25) is 0 Å². The molecule has 1 saturated carbocycles. The lowest BCUT2D eigenvalue weighted by Crippen LogP contribution is -2.47. The monoisotopic (exact) mass is 345 g/mol. The van der Waals surface area contributed by atoms with Gasteiger partial charge in [-0.05, 0) is 31.1 Å². The first kappa shape index (κ1) is 14.9. The number of hydrogen-bond donors (Lipinski definition) is 1. The van der Waals surface area contributed by atoms with Crippen molar-refractivity contribution in [2.24, 2.45) is 17.8 Å². The number of nitrogens with zero attached hydrogens (tertiary/aromatic N) is 5. The Labute approximate surface area is 144 Å². The van der Waals surface area contributed by atoms with Crippen LogP contribution in [0.4, 0.5) is 16.0 Å². The summed E-state index contributed by atoms with van der Waals surface area (Å²) in [6.45, 7) is 4.27. The Morgan fingerprint density at radius 2 is 2.16 bits per heavy atom. The van der Waals surface area contributed by atoms with Gasteiger partial charge in [-0.15, -0.1) is 0 Å². The van der Waals surface area contributed by atoms with Crippen LogP contribution in [0.1, 0.15) is 19.8 Å². The van der Waals surface area contributed by atoms with Crippen molar-refractivity contribution >= 4 is 23.3 Å². The van der Waals surface area contributed by atoms with Crippen molar-refractivity contribution in [1.29, 1.82) is 0 Å². The van der Waals surface area contributed by atoms with Crippen LogP contribution in [-0.4, -0.2) is 51.4 Å². The lowest BCUT2D eigenvalue weighted by molar-refractivity contribution is -0.137. The number of fused-ring (bicyclic) bond motifs is 2. The first-order chi connectivity index (χ1) is 12.0. The van der Waals surface area contributed by atoms with E-state index >= 15 is 4.39 Å². The molecule has 25 heavy (non-hydrogen) atoms. The summed E-state index contributed by atoms with van der Waals surface area (Å²) < 4.78 is 16.9. The van der Waals surface area contributed by atoms with Gasteiger partial charge in [-0.25, -0.2) is 4.98 Å². The predicted octanol–water partition coefficient (Wildman–Crippen LogP) is 1.62. The summed E-state index contributed by atoms with van der Waals surface area (Å²) in [5.74, 6) is 0.737. The molecular formula is C17H20FN5O2. The summed E-state index contributed by atoms with van der Waals surface area (Å²) in [5, 5.41) is 13.2. The Bertz CT molecular complexity index is 856. The zero-order valence-corrected chi connectivity index (χ0v) is 14.0. The molecule has 2 aromatic heterocycles. The van der Waals surface area contributed by atoms with Crippen LogP contribution in [-0.2, 0) is 4.79 Å². The van der Waals surface area contributed by atoms with E-state index in [9.17, 15) is 4.79 Å². The van der Waals surface area contributed by atoms with Gasteiger partial charge in [-0.3, -0.25) is 4.79 Å². The van der Waals surface area contributed by atoms with Crippen LogP contribution < -0.4 is 9.80 Å². The van der Waals surface area contributed by atoms with E-state index in [0.717, 1.165) is 13.0 Å². The molecule has 4 atom stereocenters. The number of aliphatic carboxylic acids is 1. The molecule has 3 fully saturated rings. The Balaban J connectivity index is 1.48. The van der Waals surface area contributed by atoms with Crippen molar-refractivity contribution in [3.8, 4) is 0 Å². The molecule has 0 bridgehead atoms. The van der Waals surface area contributed by atoms with E-state index in [1.54, 1.807) is 16.8 Å². The predicted molar refractivity (Wildman–Crippen MR) is 89.3 cm³/mol. The minimum Gasteiger partial charge on any atom is -0.481 e. The molecule has 2 aromatic rings. The molecule has 1 unspecified atom stereocenters. The molecule has 5 rings (SSSR count). The molecule has 0 radical (unpaired) electrons. The number of anilines is 2. The molecule has 8 heteroatoms. The molecule has 0 spiro atoms. The number of carbonyl (C=O) groups is 1. The van der Waals surface area contributed by atoms with Crippen molar-refractivity contribution < 1.29 is 14.3 Å². The maximum atomic E-state index is 15.3. The molecule has 0 aromatic carbocycles. The van der Waals surface area contributed by atoms with E-state index in [-0.39, 0.29) is 18.2 Å². The van der Waals surface area contributed by atoms with E-state index in [4.69, 9.17) is 5.11 Å². The summed E-state index contributed by atoms with van der Waals surface area (Å²) in [6, 6.07) is 2.09. The van der Waals surface area contributed by atoms with Gasteiger partial charge in [-0.2, -0.15) is 14.0 Å². The maximum absolute atomic E-state index is 15.3. The van der Waals surface area contributed by atoms with Gasteiger partial charge in [-0.1, -0.05) is 0 Å². The van der Waals surface area contributed by atoms with E-state index in [2.05, 4.69) is 17.0 Å². The van der Waals surface area contributed by atoms with Crippen LogP contribution in [0.25, 0.3) is 5.65 Å². The quantitative estimate of drug-likeness (QED) is 0.908. The fraction of sp³-hybridized carbons (Fsp3) is 0.588. The highest BCUT2D eigenvalue weighted by molar-refractivity contribution is 5.68. The van der Waals surface area contributed by atoms with Gasteiger partial charge in [0.05, 0.1) is 6.20 Å². The lowest BCUT2D eigenvalue weighted by Gasteiger charge is -2.40. The van der Waals surface area contributed by atoms with Gasteiger partial charge in [0.15, 0.2) is 17.3 Å². The van der Waals surface area contributed by atoms with Gasteiger partial charge in [0.2, 0.25) is 5.82 Å². The van der Waals surface area contributed by atoms with Gasteiger partial charge >= 0.3 is 5.97 Å². The standard InChI is InChI=1S/C17H20FN5O2/c1-9-3-5-22(9)16-15(18)17(23-13(20-16)2-4-19-23)21-7-11-10(6-14(24)25)12(11)8-21/h2,4,9-12H,3,5-8H2,1H3,(H,24,25)/t9-,10?,11-,12+/m0/s1. The van der Waals surface area contributed by atoms with Crippen molar-refractivity contribution in [2.75, 3.05) is 29.4 Å². The second-order valence-corrected chi connectivity index (χ2v) is 7.50. The number of piperidine rings is 1. The number of rotatable bonds is 4. The summed E-state index contributed by atoms with van der Waals surface area (Å²) in [5.41, 5.74) is 0.646. The minimum atomic E-state index is -0.746.